The molecule has 98 valence electrons. The number of hydrogen-bond acceptors (Lipinski definition) is 2. The Labute approximate surface area is 109 Å². The summed E-state index contributed by atoms with van der Waals surface area (Å²) in [7, 11) is 0. The summed E-state index contributed by atoms with van der Waals surface area (Å²) >= 11 is 0. The summed E-state index contributed by atoms with van der Waals surface area (Å²) in [6.45, 7) is 2.88. The molecule has 0 heterocycles. The monoisotopic (exact) mass is 262 g/mol. The maximum absolute atomic E-state index is 13.6. The van der Waals surface area contributed by atoms with Crippen molar-refractivity contribution in [3.05, 3.63) is 59.2 Å². The number of carbonyl (C=O) groups excluding carboxylic acids is 1. The second-order valence-electron chi connectivity index (χ2n) is 4.18. The first-order valence-corrected chi connectivity index (χ1v) is 5.72. The fourth-order valence-electron chi connectivity index (χ4n) is 1.70. The first kappa shape index (κ1) is 13.2. The number of rotatable bonds is 3. The molecule has 2 rings (SSSR count). The SMILES string of the molecule is CC(=O)c1c(F)cccc1Oc1ccc(C)c(F)c1. The van der Waals surface area contributed by atoms with E-state index in [1.165, 1.54) is 31.2 Å². The number of Topliss-reactive ketones (excluding diaryl/α,β-unsaturated/α-hetero) is 1. The fourth-order valence-corrected chi connectivity index (χ4v) is 1.70. The van der Waals surface area contributed by atoms with Gasteiger partial charge in [0.05, 0.1) is 5.56 Å². The topological polar surface area (TPSA) is 26.3 Å². The van der Waals surface area contributed by atoms with Crippen molar-refractivity contribution in [3.63, 3.8) is 0 Å². The van der Waals surface area contributed by atoms with Gasteiger partial charge in [-0.15, -0.1) is 0 Å². The molecule has 0 atom stereocenters. The smallest absolute Gasteiger partial charge is 0.166 e. The molecule has 0 bridgehead atoms. The van der Waals surface area contributed by atoms with Gasteiger partial charge in [0.15, 0.2) is 5.78 Å². The van der Waals surface area contributed by atoms with E-state index in [9.17, 15) is 13.6 Å². The second kappa shape index (κ2) is 5.18. The van der Waals surface area contributed by atoms with Crippen molar-refractivity contribution in [2.45, 2.75) is 13.8 Å². The minimum absolute atomic E-state index is 0.0794. The van der Waals surface area contributed by atoms with E-state index in [4.69, 9.17) is 4.74 Å². The third kappa shape index (κ3) is 2.78. The third-order valence-corrected chi connectivity index (χ3v) is 2.70. The summed E-state index contributed by atoms with van der Waals surface area (Å²) in [5.74, 6) is -1.22. The van der Waals surface area contributed by atoms with Gasteiger partial charge in [0, 0.05) is 6.07 Å². The highest BCUT2D eigenvalue weighted by Gasteiger charge is 2.15. The van der Waals surface area contributed by atoms with E-state index >= 15 is 0 Å². The number of benzene rings is 2. The number of aryl methyl sites for hydroxylation is 1. The molecular formula is C15H12F2O2. The van der Waals surface area contributed by atoms with E-state index in [0.717, 1.165) is 0 Å². The lowest BCUT2D eigenvalue weighted by molar-refractivity contribution is 0.101. The highest BCUT2D eigenvalue weighted by atomic mass is 19.1. The lowest BCUT2D eigenvalue weighted by Gasteiger charge is -2.10. The van der Waals surface area contributed by atoms with Crippen LogP contribution in [0.5, 0.6) is 11.5 Å². The average Bonchev–Trinajstić information content (AvgIpc) is 2.33. The van der Waals surface area contributed by atoms with Crippen molar-refractivity contribution in [1.82, 2.24) is 0 Å². The second-order valence-corrected chi connectivity index (χ2v) is 4.18. The Morgan fingerprint density at radius 2 is 1.84 bits per heavy atom. The molecule has 0 aliphatic carbocycles. The van der Waals surface area contributed by atoms with Gasteiger partial charge in [0.1, 0.15) is 23.1 Å². The van der Waals surface area contributed by atoms with Gasteiger partial charge in [-0.1, -0.05) is 12.1 Å². The Kier molecular flexibility index (Phi) is 3.60. The van der Waals surface area contributed by atoms with Crippen LogP contribution in [0.25, 0.3) is 0 Å². The molecule has 0 aliphatic heterocycles. The number of halogens is 2. The van der Waals surface area contributed by atoms with Crippen LogP contribution in [0.2, 0.25) is 0 Å². The summed E-state index contributed by atoms with van der Waals surface area (Å²) in [6, 6.07) is 8.40. The maximum atomic E-state index is 13.6. The number of carbonyl (C=O) groups is 1. The minimum atomic E-state index is -0.655. The van der Waals surface area contributed by atoms with Gasteiger partial charge in [0.2, 0.25) is 0 Å². The van der Waals surface area contributed by atoms with E-state index in [2.05, 4.69) is 0 Å². The normalized spacial score (nSPS) is 10.3. The molecule has 0 aromatic heterocycles. The highest BCUT2D eigenvalue weighted by Crippen LogP contribution is 2.28. The van der Waals surface area contributed by atoms with Gasteiger partial charge in [0.25, 0.3) is 0 Å². The highest BCUT2D eigenvalue weighted by molar-refractivity contribution is 5.97. The van der Waals surface area contributed by atoms with E-state index in [1.807, 2.05) is 0 Å². The molecule has 0 unspecified atom stereocenters. The van der Waals surface area contributed by atoms with Crippen LogP contribution in [0, 0.1) is 18.6 Å². The molecule has 0 N–H and O–H groups in total. The predicted octanol–water partition coefficient (Wildman–Crippen LogP) is 4.27. The molecule has 0 amide bonds. The van der Waals surface area contributed by atoms with Crippen LogP contribution in [0.4, 0.5) is 8.78 Å². The van der Waals surface area contributed by atoms with Crippen molar-refractivity contribution >= 4 is 5.78 Å². The zero-order valence-electron chi connectivity index (χ0n) is 10.5. The summed E-state index contributed by atoms with van der Waals surface area (Å²) in [5, 5.41) is 0. The molecule has 4 heteroatoms. The van der Waals surface area contributed by atoms with Crippen LogP contribution < -0.4 is 4.74 Å². The Balaban J connectivity index is 2.40. The largest absolute Gasteiger partial charge is 0.456 e. The summed E-state index contributed by atoms with van der Waals surface area (Å²) in [4.78, 5) is 11.4. The van der Waals surface area contributed by atoms with Crippen molar-refractivity contribution in [3.8, 4) is 11.5 Å². The molecule has 2 aromatic carbocycles. The van der Waals surface area contributed by atoms with Crippen molar-refractivity contribution in [2.75, 3.05) is 0 Å². The van der Waals surface area contributed by atoms with Gasteiger partial charge in [-0.25, -0.2) is 8.78 Å². The van der Waals surface area contributed by atoms with Gasteiger partial charge < -0.3 is 4.74 Å². The summed E-state index contributed by atoms with van der Waals surface area (Å²) in [5.41, 5.74) is 0.349. The average molecular weight is 262 g/mol. The fraction of sp³-hybridized carbons (Fsp3) is 0.133. The molecule has 0 fully saturated rings. The maximum Gasteiger partial charge on any atom is 0.166 e. The van der Waals surface area contributed by atoms with E-state index in [-0.39, 0.29) is 17.1 Å². The number of hydrogen-bond donors (Lipinski definition) is 0. The summed E-state index contributed by atoms with van der Waals surface area (Å²) in [6.07, 6.45) is 0. The van der Waals surface area contributed by atoms with Crippen LogP contribution in [0.15, 0.2) is 36.4 Å². The van der Waals surface area contributed by atoms with Gasteiger partial charge in [-0.2, -0.15) is 0 Å². The predicted molar refractivity (Wildman–Crippen MR) is 67.6 cm³/mol. The Bertz CT molecular complexity index is 636. The Morgan fingerprint density at radius 3 is 2.47 bits per heavy atom. The molecule has 2 nitrogen and oxygen atoms in total. The quantitative estimate of drug-likeness (QED) is 0.772. The minimum Gasteiger partial charge on any atom is -0.456 e. The summed E-state index contributed by atoms with van der Waals surface area (Å²) < 4.78 is 32.4. The van der Waals surface area contributed by atoms with Gasteiger partial charge in [-0.3, -0.25) is 4.79 Å². The zero-order valence-corrected chi connectivity index (χ0v) is 10.5. The van der Waals surface area contributed by atoms with Crippen molar-refractivity contribution in [1.29, 1.82) is 0 Å². The van der Waals surface area contributed by atoms with Crippen LogP contribution >= 0.6 is 0 Å². The molecule has 0 saturated carbocycles. The Morgan fingerprint density at radius 1 is 1.11 bits per heavy atom. The molecule has 0 aliphatic rings. The lowest BCUT2D eigenvalue weighted by Crippen LogP contribution is -2.01. The molecule has 2 aromatic rings. The van der Waals surface area contributed by atoms with Crippen molar-refractivity contribution < 1.29 is 18.3 Å². The van der Waals surface area contributed by atoms with Crippen molar-refractivity contribution in [2.24, 2.45) is 0 Å². The molecule has 0 spiro atoms. The van der Waals surface area contributed by atoms with Crippen LogP contribution in [-0.2, 0) is 0 Å². The molecule has 0 saturated heterocycles. The van der Waals surface area contributed by atoms with Crippen LogP contribution in [0.3, 0.4) is 0 Å². The van der Waals surface area contributed by atoms with E-state index in [1.54, 1.807) is 19.1 Å². The first-order chi connectivity index (χ1) is 8.99. The molecular weight excluding hydrogens is 250 g/mol. The first-order valence-electron chi connectivity index (χ1n) is 5.72. The van der Waals surface area contributed by atoms with Gasteiger partial charge >= 0.3 is 0 Å². The zero-order chi connectivity index (χ0) is 14.0. The lowest BCUT2D eigenvalue weighted by atomic mass is 10.1. The van der Waals surface area contributed by atoms with Crippen LogP contribution in [-0.4, -0.2) is 5.78 Å². The van der Waals surface area contributed by atoms with E-state index < -0.39 is 17.4 Å². The molecule has 0 radical (unpaired) electrons. The Hall–Kier alpha value is -2.23. The number of ketones is 1. The molecule has 19 heavy (non-hydrogen) atoms. The third-order valence-electron chi connectivity index (χ3n) is 2.70. The van der Waals surface area contributed by atoms with Crippen LogP contribution in [0.1, 0.15) is 22.8 Å². The standard InChI is InChI=1S/C15H12F2O2/c1-9-6-7-11(8-13(9)17)19-14-5-3-4-12(16)15(14)10(2)18/h3-8H,1-2H3. The van der Waals surface area contributed by atoms with Gasteiger partial charge in [-0.05, 0) is 37.6 Å². The number of ether oxygens (including phenoxy) is 1. The van der Waals surface area contributed by atoms with E-state index in [0.29, 0.717) is 5.56 Å².